The summed E-state index contributed by atoms with van der Waals surface area (Å²) in [6, 6.07) is 13.9. The molecule has 0 saturated carbocycles. The van der Waals surface area contributed by atoms with Crippen molar-refractivity contribution in [2.45, 2.75) is 31.8 Å². The molecule has 8 heteroatoms. The zero-order valence-corrected chi connectivity index (χ0v) is 21.9. The standard InChI is InChI=1S/C18H22N4O2.C9H12OS/c1-19-10-16-9-15(12-24-16)18(23)22(2)11-13-3-5-14(6-4-13)17-20-7-8-21-17;1-6-4-8(10-3)5-7(2)9(6)11/h3-6,9,12,19H,7-8,10-11H2,1-2H3,(H,20,21);4-5,11H,1-3H3. The number of furan rings is 1. The number of rotatable bonds is 7. The Bertz CT molecular complexity index is 1150. The number of hydrogen-bond acceptors (Lipinski definition) is 7. The van der Waals surface area contributed by atoms with Crippen molar-refractivity contribution >= 4 is 24.4 Å². The van der Waals surface area contributed by atoms with Crippen LogP contribution in [-0.2, 0) is 13.1 Å². The second kappa shape index (κ2) is 12.5. The molecule has 2 aromatic carbocycles. The van der Waals surface area contributed by atoms with Crippen LogP contribution in [0.15, 0.2) is 63.0 Å². The molecule has 0 fully saturated rings. The van der Waals surface area contributed by atoms with Crippen LogP contribution in [0.4, 0.5) is 0 Å². The molecule has 1 amide bonds. The minimum atomic E-state index is -0.0491. The van der Waals surface area contributed by atoms with Crippen LogP contribution < -0.4 is 15.4 Å². The summed E-state index contributed by atoms with van der Waals surface area (Å²) in [6.07, 6.45) is 1.51. The molecule has 0 spiro atoms. The second-order valence-corrected chi connectivity index (χ2v) is 8.90. The lowest BCUT2D eigenvalue weighted by molar-refractivity contribution is 0.0784. The fourth-order valence-electron chi connectivity index (χ4n) is 3.72. The van der Waals surface area contributed by atoms with Crippen LogP contribution in [-0.4, -0.2) is 50.9 Å². The average molecular weight is 495 g/mol. The molecule has 3 aromatic rings. The molecule has 4 rings (SSSR count). The van der Waals surface area contributed by atoms with E-state index in [1.807, 2.05) is 57.3 Å². The molecule has 0 saturated heterocycles. The number of thiol groups is 1. The highest BCUT2D eigenvalue weighted by Gasteiger charge is 2.15. The average Bonchev–Trinajstić information content (AvgIpc) is 3.56. The Kier molecular flexibility index (Phi) is 9.39. The number of methoxy groups -OCH3 is 1. The van der Waals surface area contributed by atoms with Gasteiger partial charge < -0.3 is 24.7 Å². The molecule has 0 bridgehead atoms. The molecule has 0 unspecified atom stereocenters. The zero-order chi connectivity index (χ0) is 25.4. The first-order valence-corrected chi connectivity index (χ1v) is 12.0. The third kappa shape index (κ3) is 7.13. The van der Waals surface area contributed by atoms with Crippen LogP contribution in [0.2, 0.25) is 0 Å². The third-order valence-corrected chi connectivity index (χ3v) is 6.33. The smallest absolute Gasteiger partial charge is 0.257 e. The maximum absolute atomic E-state index is 12.5. The first-order chi connectivity index (χ1) is 16.8. The third-order valence-electron chi connectivity index (χ3n) is 5.62. The highest BCUT2D eigenvalue weighted by Crippen LogP contribution is 2.23. The number of hydrogen-bond donors (Lipinski definition) is 3. The van der Waals surface area contributed by atoms with Crippen LogP contribution in [0.3, 0.4) is 0 Å². The van der Waals surface area contributed by atoms with Gasteiger partial charge in [-0.2, -0.15) is 0 Å². The molecule has 1 aliphatic rings. The van der Waals surface area contributed by atoms with Gasteiger partial charge in [0.25, 0.3) is 5.91 Å². The van der Waals surface area contributed by atoms with Gasteiger partial charge in [0.15, 0.2) is 0 Å². The van der Waals surface area contributed by atoms with Crippen molar-refractivity contribution in [2.24, 2.45) is 4.99 Å². The van der Waals surface area contributed by atoms with E-state index in [4.69, 9.17) is 9.15 Å². The number of amidine groups is 1. The van der Waals surface area contributed by atoms with Crippen LogP contribution in [0.5, 0.6) is 5.75 Å². The van der Waals surface area contributed by atoms with Crippen molar-refractivity contribution in [1.29, 1.82) is 0 Å². The Morgan fingerprint density at radius 3 is 2.46 bits per heavy atom. The van der Waals surface area contributed by atoms with Gasteiger partial charge in [-0.05, 0) is 55.8 Å². The lowest BCUT2D eigenvalue weighted by Gasteiger charge is -2.16. The Labute approximate surface area is 213 Å². The number of carbonyl (C=O) groups is 1. The van der Waals surface area contributed by atoms with E-state index in [1.54, 1.807) is 25.1 Å². The summed E-state index contributed by atoms with van der Waals surface area (Å²) in [6.45, 7) is 6.93. The fourth-order valence-corrected chi connectivity index (χ4v) is 3.85. The van der Waals surface area contributed by atoms with Crippen LogP contribution in [0.1, 0.15) is 38.4 Å². The van der Waals surface area contributed by atoms with Crippen molar-refractivity contribution in [3.05, 3.63) is 82.3 Å². The topological polar surface area (TPSA) is 79.1 Å². The van der Waals surface area contributed by atoms with Gasteiger partial charge in [0.1, 0.15) is 23.6 Å². The van der Waals surface area contributed by atoms with Crippen LogP contribution in [0.25, 0.3) is 0 Å². The number of aryl methyl sites for hydroxylation is 2. The predicted molar refractivity (Wildman–Crippen MR) is 143 cm³/mol. The number of benzene rings is 2. The molecule has 1 aromatic heterocycles. The van der Waals surface area contributed by atoms with Crippen molar-refractivity contribution in [2.75, 3.05) is 34.3 Å². The van der Waals surface area contributed by atoms with Gasteiger partial charge >= 0.3 is 0 Å². The summed E-state index contributed by atoms with van der Waals surface area (Å²) < 4.78 is 10.5. The summed E-state index contributed by atoms with van der Waals surface area (Å²) in [7, 11) is 5.31. The second-order valence-electron chi connectivity index (χ2n) is 8.46. The van der Waals surface area contributed by atoms with Gasteiger partial charge in [0.05, 0.1) is 25.8 Å². The van der Waals surface area contributed by atoms with E-state index in [9.17, 15) is 4.79 Å². The van der Waals surface area contributed by atoms with E-state index in [2.05, 4.69) is 28.3 Å². The minimum Gasteiger partial charge on any atom is -0.497 e. The lowest BCUT2D eigenvalue weighted by atomic mass is 10.1. The number of nitrogens with one attached hydrogen (secondary N) is 2. The number of amides is 1. The summed E-state index contributed by atoms with van der Waals surface area (Å²) in [5, 5.41) is 6.26. The highest BCUT2D eigenvalue weighted by atomic mass is 32.1. The molecular weight excluding hydrogens is 460 g/mol. The van der Waals surface area contributed by atoms with Gasteiger partial charge in [-0.3, -0.25) is 9.79 Å². The van der Waals surface area contributed by atoms with E-state index in [0.717, 1.165) is 57.6 Å². The molecule has 2 heterocycles. The van der Waals surface area contributed by atoms with Crippen LogP contribution >= 0.6 is 12.6 Å². The minimum absolute atomic E-state index is 0.0491. The summed E-state index contributed by atoms with van der Waals surface area (Å²) >= 11 is 4.34. The molecule has 186 valence electrons. The maximum atomic E-state index is 12.5. The molecule has 2 N–H and O–H groups in total. The van der Waals surface area contributed by atoms with Gasteiger partial charge in [0.2, 0.25) is 0 Å². The van der Waals surface area contributed by atoms with Crippen molar-refractivity contribution < 1.29 is 13.9 Å². The largest absolute Gasteiger partial charge is 0.497 e. The zero-order valence-electron chi connectivity index (χ0n) is 21.0. The first kappa shape index (κ1) is 26.4. The van der Waals surface area contributed by atoms with Crippen molar-refractivity contribution in [1.82, 2.24) is 15.5 Å². The molecule has 0 aliphatic carbocycles. The Morgan fingerprint density at radius 1 is 1.20 bits per heavy atom. The monoisotopic (exact) mass is 494 g/mol. The van der Waals surface area contributed by atoms with Crippen LogP contribution in [0, 0.1) is 13.8 Å². The van der Waals surface area contributed by atoms with Crippen molar-refractivity contribution in [3.63, 3.8) is 0 Å². The predicted octanol–water partition coefficient (Wildman–Crippen LogP) is 4.22. The van der Waals surface area contributed by atoms with E-state index >= 15 is 0 Å². The summed E-state index contributed by atoms with van der Waals surface area (Å²) in [4.78, 5) is 19.6. The first-order valence-electron chi connectivity index (χ1n) is 11.5. The molecule has 0 radical (unpaired) electrons. The van der Waals surface area contributed by atoms with E-state index in [1.165, 1.54) is 6.26 Å². The number of aliphatic imine (C=N–C) groups is 1. The van der Waals surface area contributed by atoms with Gasteiger partial charge in [0, 0.05) is 30.6 Å². The molecule has 7 nitrogen and oxygen atoms in total. The Balaban J connectivity index is 0.000000261. The molecule has 1 aliphatic heterocycles. The van der Waals surface area contributed by atoms with Gasteiger partial charge in [-0.25, -0.2) is 0 Å². The maximum Gasteiger partial charge on any atom is 0.257 e. The summed E-state index contributed by atoms with van der Waals surface area (Å²) in [5.74, 6) is 2.55. The normalized spacial score (nSPS) is 12.3. The molecular formula is C27H34N4O3S. The highest BCUT2D eigenvalue weighted by molar-refractivity contribution is 7.80. The molecule has 0 atom stereocenters. The fraction of sp³-hybridized carbons (Fsp3) is 0.333. The van der Waals surface area contributed by atoms with E-state index in [-0.39, 0.29) is 5.91 Å². The van der Waals surface area contributed by atoms with E-state index < -0.39 is 0 Å². The number of carbonyl (C=O) groups excluding carboxylic acids is 1. The Morgan fingerprint density at radius 2 is 1.89 bits per heavy atom. The van der Waals surface area contributed by atoms with Gasteiger partial charge in [-0.15, -0.1) is 12.6 Å². The number of nitrogens with zero attached hydrogens (tertiary/aromatic N) is 2. The summed E-state index contributed by atoms with van der Waals surface area (Å²) in [5.41, 5.74) is 5.04. The SMILES string of the molecule is CNCc1cc(C(=O)N(C)Cc2ccc(C3=NCCN3)cc2)co1.COc1cc(C)c(S)c(C)c1. The Hall–Kier alpha value is -3.23. The van der Waals surface area contributed by atoms with E-state index in [0.29, 0.717) is 18.7 Å². The lowest BCUT2D eigenvalue weighted by Crippen LogP contribution is -2.26. The van der Waals surface area contributed by atoms with Gasteiger partial charge in [-0.1, -0.05) is 24.3 Å². The van der Waals surface area contributed by atoms with Crippen molar-refractivity contribution in [3.8, 4) is 5.75 Å². The quantitative estimate of drug-likeness (QED) is 0.429. The number of ether oxygens (including phenoxy) is 1. The molecule has 35 heavy (non-hydrogen) atoms.